The summed E-state index contributed by atoms with van der Waals surface area (Å²) in [4.78, 5) is 8.66. The van der Waals surface area contributed by atoms with E-state index in [1.807, 2.05) is 30.5 Å². The van der Waals surface area contributed by atoms with E-state index < -0.39 is 8.32 Å². The molecule has 21 heavy (non-hydrogen) atoms. The largest absolute Gasteiger partial charge is 0.544 e. The number of benzene rings is 1. The summed E-state index contributed by atoms with van der Waals surface area (Å²) in [6.45, 7) is 7.33. The average molecular weight is 298 g/mol. The van der Waals surface area contributed by atoms with Gasteiger partial charge in [-0.3, -0.25) is 9.98 Å². The first-order valence-corrected chi connectivity index (χ1v) is 10.6. The third-order valence-electron chi connectivity index (χ3n) is 2.81. The topological polar surface area (TPSA) is 34.5 Å². The Kier molecular flexibility index (Phi) is 5.28. The van der Waals surface area contributed by atoms with Crippen LogP contribution in [-0.4, -0.2) is 26.1 Å². The van der Waals surface area contributed by atoms with Crippen LogP contribution in [0.3, 0.4) is 0 Å². The van der Waals surface area contributed by atoms with E-state index in [1.54, 1.807) is 6.20 Å². The standard InChI is InChI=1S/C17H22N2OSi/c1-21(2,3)20-17-10-5-4-8-15(17)11-13-18-14-16-9-6-7-12-19-16/h4-10,12,14H,11,13H2,1-3H3. The Labute approximate surface area is 127 Å². The van der Waals surface area contributed by atoms with Crippen molar-refractivity contribution in [3.8, 4) is 5.75 Å². The smallest absolute Gasteiger partial charge is 0.242 e. The molecule has 0 aliphatic carbocycles. The molecular weight excluding hydrogens is 276 g/mol. The highest BCUT2D eigenvalue weighted by Gasteiger charge is 2.17. The maximum absolute atomic E-state index is 6.12. The molecule has 0 aliphatic heterocycles. The molecule has 0 aliphatic rings. The van der Waals surface area contributed by atoms with E-state index in [4.69, 9.17) is 4.43 Å². The van der Waals surface area contributed by atoms with Crippen LogP contribution >= 0.6 is 0 Å². The third kappa shape index (κ3) is 5.51. The minimum absolute atomic E-state index is 0.739. The number of aliphatic imine (C=N–C) groups is 1. The Hall–Kier alpha value is -1.94. The summed E-state index contributed by atoms with van der Waals surface area (Å²) in [5, 5.41) is 0. The highest BCUT2D eigenvalue weighted by molar-refractivity contribution is 6.70. The molecule has 2 aromatic rings. The normalized spacial score (nSPS) is 11.8. The van der Waals surface area contributed by atoms with Gasteiger partial charge in [0.05, 0.1) is 5.69 Å². The van der Waals surface area contributed by atoms with Crippen LogP contribution in [0.1, 0.15) is 11.3 Å². The van der Waals surface area contributed by atoms with Gasteiger partial charge in [0.25, 0.3) is 0 Å². The van der Waals surface area contributed by atoms with Crippen molar-refractivity contribution in [1.82, 2.24) is 4.98 Å². The molecule has 0 radical (unpaired) electrons. The van der Waals surface area contributed by atoms with Crippen molar-refractivity contribution >= 4 is 14.5 Å². The van der Waals surface area contributed by atoms with Crippen LogP contribution in [0.5, 0.6) is 5.75 Å². The van der Waals surface area contributed by atoms with Gasteiger partial charge in [0.1, 0.15) is 5.75 Å². The number of rotatable bonds is 6. The van der Waals surface area contributed by atoms with Gasteiger partial charge >= 0.3 is 0 Å². The molecule has 0 amide bonds. The number of hydrogen-bond acceptors (Lipinski definition) is 3. The molecule has 0 fully saturated rings. The number of pyridine rings is 1. The second-order valence-electron chi connectivity index (χ2n) is 5.86. The zero-order valence-corrected chi connectivity index (χ0v) is 13.9. The Morgan fingerprint density at radius 1 is 1.10 bits per heavy atom. The van der Waals surface area contributed by atoms with Gasteiger partial charge in [0.15, 0.2) is 0 Å². The van der Waals surface area contributed by atoms with Crippen LogP contribution in [0.25, 0.3) is 0 Å². The summed E-state index contributed by atoms with van der Waals surface area (Å²) in [6, 6.07) is 14.1. The fraction of sp³-hybridized carbons (Fsp3) is 0.294. The summed E-state index contributed by atoms with van der Waals surface area (Å²) in [5.74, 6) is 1.00. The predicted octanol–water partition coefficient (Wildman–Crippen LogP) is 3.96. The van der Waals surface area contributed by atoms with Crippen LogP contribution < -0.4 is 4.43 Å². The predicted molar refractivity (Wildman–Crippen MR) is 90.8 cm³/mol. The lowest BCUT2D eigenvalue weighted by atomic mass is 10.1. The van der Waals surface area contributed by atoms with Crippen LogP contribution in [0.15, 0.2) is 53.7 Å². The van der Waals surface area contributed by atoms with Crippen LogP contribution in [0.4, 0.5) is 0 Å². The first-order valence-electron chi connectivity index (χ1n) is 7.22. The van der Waals surface area contributed by atoms with Crippen molar-refractivity contribution in [3.05, 3.63) is 59.9 Å². The lowest BCUT2D eigenvalue weighted by molar-refractivity contribution is 0.549. The summed E-state index contributed by atoms with van der Waals surface area (Å²) in [7, 11) is -1.58. The van der Waals surface area contributed by atoms with Crippen molar-refractivity contribution in [1.29, 1.82) is 0 Å². The summed E-state index contributed by atoms with van der Waals surface area (Å²) in [6.07, 6.45) is 4.48. The SMILES string of the molecule is C[Si](C)(C)Oc1ccccc1CCN=Cc1ccccn1. The quantitative estimate of drug-likeness (QED) is 0.597. The first kappa shape index (κ1) is 15.4. The molecule has 0 bridgehead atoms. The minimum Gasteiger partial charge on any atom is -0.544 e. The van der Waals surface area contributed by atoms with Crippen LogP contribution in [0, 0.1) is 0 Å². The lowest BCUT2D eigenvalue weighted by Gasteiger charge is -2.21. The molecule has 0 spiro atoms. The zero-order chi connectivity index (χ0) is 15.1. The van der Waals surface area contributed by atoms with E-state index in [9.17, 15) is 0 Å². The highest BCUT2D eigenvalue weighted by Crippen LogP contribution is 2.22. The molecule has 1 aromatic carbocycles. The average Bonchev–Trinajstić information content (AvgIpc) is 2.45. The number of para-hydroxylation sites is 1. The molecule has 3 nitrogen and oxygen atoms in total. The van der Waals surface area contributed by atoms with E-state index in [0.717, 1.165) is 24.4 Å². The van der Waals surface area contributed by atoms with E-state index in [-0.39, 0.29) is 0 Å². The van der Waals surface area contributed by atoms with Crippen molar-refractivity contribution < 1.29 is 4.43 Å². The van der Waals surface area contributed by atoms with E-state index in [0.29, 0.717) is 0 Å². The second kappa shape index (κ2) is 7.18. The third-order valence-corrected chi connectivity index (χ3v) is 3.64. The number of nitrogens with zero attached hydrogens (tertiary/aromatic N) is 2. The van der Waals surface area contributed by atoms with Gasteiger partial charge in [0, 0.05) is 19.0 Å². The number of hydrogen-bond donors (Lipinski definition) is 0. The molecule has 2 rings (SSSR count). The Balaban J connectivity index is 1.96. The summed E-state index contributed by atoms with van der Waals surface area (Å²) in [5.41, 5.74) is 2.11. The van der Waals surface area contributed by atoms with Crippen molar-refractivity contribution in [2.24, 2.45) is 4.99 Å². The molecule has 0 atom stereocenters. The van der Waals surface area contributed by atoms with Gasteiger partial charge in [-0.15, -0.1) is 0 Å². The highest BCUT2D eigenvalue weighted by atomic mass is 28.4. The molecule has 0 unspecified atom stereocenters. The van der Waals surface area contributed by atoms with Gasteiger partial charge < -0.3 is 4.43 Å². The van der Waals surface area contributed by atoms with Crippen molar-refractivity contribution in [3.63, 3.8) is 0 Å². The van der Waals surface area contributed by atoms with Gasteiger partial charge in [-0.2, -0.15) is 0 Å². The maximum Gasteiger partial charge on any atom is 0.242 e. The molecule has 1 aromatic heterocycles. The summed E-state index contributed by atoms with van der Waals surface area (Å²) < 4.78 is 6.12. The molecule has 0 saturated carbocycles. The van der Waals surface area contributed by atoms with Gasteiger partial charge in [-0.05, 0) is 49.8 Å². The maximum atomic E-state index is 6.12. The van der Waals surface area contributed by atoms with Crippen LogP contribution in [0.2, 0.25) is 19.6 Å². The Morgan fingerprint density at radius 3 is 2.57 bits per heavy atom. The first-order chi connectivity index (χ1) is 10.0. The van der Waals surface area contributed by atoms with Crippen LogP contribution in [-0.2, 0) is 6.42 Å². The molecule has 0 N–H and O–H groups in total. The van der Waals surface area contributed by atoms with Crippen molar-refractivity contribution in [2.75, 3.05) is 6.54 Å². The Bertz CT molecular complexity index is 591. The lowest BCUT2D eigenvalue weighted by Crippen LogP contribution is -2.29. The monoisotopic (exact) mass is 298 g/mol. The minimum atomic E-state index is -1.58. The molecule has 1 heterocycles. The van der Waals surface area contributed by atoms with Gasteiger partial charge in [-0.25, -0.2) is 0 Å². The Morgan fingerprint density at radius 2 is 1.86 bits per heavy atom. The molecule has 110 valence electrons. The summed E-state index contributed by atoms with van der Waals surface area (Å²) >= 11 is 0. The molecule has 4 heteroatoms. The van der Waals surface area contributed by atoms with Crippen molar-refractivity contribution in [2.45, 2.75) is 26.1 Å². The van der Waals surface area contributed by atoms with Gasteiger partial charge in [0.2, 0.25) is 8.32 Å². The zero-order valence-electron chi connectivity index (χ0n) is 12.9. The fourth-order valence-corrected chi connectivity index (χ4v) is 2.79. The van der Waals surface area contributed by atoms with E-state index in [1.165, 1.54) is 5.56 Å². The fourth-order valence-electron chi connectivity index (χ4n) is 1.94. The number of aromatic nitrogens is 1. The molecule has 0 saturated heterocycles. The van der Waals surface area contributed by atoms with E-state index in [2.05, 4.69) is 47.8 Å². The van der Waals surface area contributed by atoms with E-state index >= 15 is 0 Å². The van der Waals surface area contributed by atoms with Gasteiger partial charge in [-0.1, -0.05) is 24.3 Å². The molecular formula is C17H22N2OSi. The second-order valence-corrected chi connectivity index (χ2v) is 10.3.